The van der Waals surface area contributed by atoms with E-state index in [2.05, 4.69) is 30.4 Å². The van der Waals surface area contributed by atoms with E-state index in [0.29, 0.717) is 11.6 Å². The molecule has 0 spiro atoms. The Balaban J connectivity index is 1.66. The lowest BCUT2D eigenvalue weighted by molar-refractivity contribution is 0.100. The molecule has 0 unspecified atom stereocenters. The van der Waals surface area contributed by atoms with Gasteiger partial charge in [-0.15, -0.1) is 0 Å². The molecular formula is C19H22N2O2. The molecule has 4 nitrogen and oxygen atoms in total. The van der Waals surface area contributed by atoms with Gasteiger partial charge in [0.1, 0.15) is 5.75 Å². The summed E-state index contributed by atoms with van der Waals surface area (Å²) >= 11 is 0. The van der Waals surface area contributed by atoms with Gasteiger partial charge < -0.3 is 15.8 Å². The van der Waals surface area contributed by atoms with Crippen LogP contribution in [0.4, 0.5) is 0 Å². The van der Waals surface area contributed by atoms with Crippen molar-refractivity contribution in [3.05, 3.63) is 64.7 Å². The summed E-state index contributed by atoms with van der Waals surface area (Å²) < 4.78 is 5.57. The van der Waals surface area contributed by atoms with Gasteiger partial charge in [0.25, 0.3) is 0 Å². The van der Waals surface area contributed by atoms with Crippen LogP contribution in [0, 0.1) is 0 Å². The van der Waals surface area contributed by atoms with Crippen LogP contribution in [0.15, 0.2) is 42.5 Å². The van der Waals surface area contributed by atoms with E-state index in [-0.39, 0.29) is 0 Å². The number of primary amides is 1. The zero-order valence-electron chi connectivity index (χ0n) is 13.3. The van der Waals surface area contributed by atoms with Crippen LogP contribution in [0.5, 0.6) is 5.75 Å². The van der Waals surface area contributed by atoms with Gasteiger partial charge in [0, 0.05) is 24.6 Å². The highest BCUT2D eigenvalue weighted by Gasteiger charge is 2.15. The molecule has 4 heteroatoms. The summed E-state index contributed by atoms with van der Waals surface area (Å²) in [6.45, 7) is 3.72. The van der Waals surface area contributed by atoms with Crippen molar-refractivity contribution in [1.82, 2.24) is 5.32 Å². The number of amides is 1. The van der Waals surface area contributed by atoms with Crippen molar-refractivity contribution in [1.29, 1.82) is 0 Å². The minimum Gasteiger partial charge on any atom is -0.493 e. The normalized spacial score (nSPS) is 14.1. The lowest BCUT2D eigenvalue weighted by Gasteiger charge is -2.18. The first kappa shape index (κ1) is 15.6. The van der Waals surface area contributed by atoms with Crippen LogP contribution in [0.1, 0.15) is 46.4 Å². The smallest absolute Gasteiger partial charge is 0.248 e. The molecule has 0 fully saturated rings. The molecule has 0 radical (unpaired) electrons. The molecule has 120 valence electrons. The largest absolute Gasteiger partial charge is 0.493 e. The number of nitrogens with two attached hydrogens (primary N) is 1. The third-order valence-corrected chi connectivity index (χ3v) is 4.32. The van der Waals surface area contributed by atoms with Gasteiger partial charge in [0.15, 0.2) is 0 Å². The Hall–Kier alpha value is -2.33. The summed E-state index contributed by atoms with van der Waals surface area (Å²) in [5.74, 6) is 0.627. The SMILES string of the molecule is CC[C@@H](NCc1ccc(C(N)=O)cc1)c1ccc2c(c1)CCO2. The molecule has 1 aliphatic rings. The number of ether oxygens (including phenoxy) is 1. The third-order valence-electron chi connectivity index (χ3n) is 4.32. The average Bonchev–Trinajstić information content (AvgIpc) is 3.03. The average molecular weight is 310 g/mol. The molecule has 1 amide bonds. The number of hydrogen-bond acceptors (Lipinski definition) is 3. The first-order chi connectivity index (χ1) is 11.2. The molecule has 0 saturated heterocycles. The number of hydrogen-bond donors (Lipinski definition) is 2. The molecule has 0 aliphatic carbocycles. The number of benzene rings is 2. The summed E-state index contributed by atoms with van der Waals surface area (Å²) in [4.78, 5) is 11.1. The van der Waals surface area contributed by atoms with E-state index >= 15 is 0 Å². The predicted octanol–water partition coefficient (Wildman–Crippen LogP) is 2.96. The second kappa shape index (κ2) is 6.84. The van der Waals surface area contributed by atoms with Crippen molar-refractivity contribution >= 4 is 5.91 Å². The molecule has 2 aromatic carbocycles. The number of rotatable bonds is 6. The summed E-state index contributed by atoms with van der Waals surface area (Å²) in [6, 6.07) is 14.2. The Bertz CT molecular complexity index is 695. The second-order valence-electron chi connectivity index (χ2n) is 5.87. The van der Waals surface area contributed by atoms with Crippen LogP contribution >= 0.6 is 0 Å². The van der Waals surface area contributed by atoms with Crippen LogP contribution in [0.25, 0.3) is 0 Å². The van der Waals surface area contributed by atoms with Crippen molar-refractivity contribution < 1.29 is 9.53 Å². The first-order valence-corrected chi connectivity index (χ1v) is 8.05. The van der Waals surface area contributed by atoms with Crippen LogP contribution in [0.2, 0.25) is 0 Å². The topological polar surface area (TPSA) is 64.3 Å². The van der Waals surface area contributed by atoms with E-state index in [1.165, 1.54) is 11.1 Å². The fraction of sp³-hybridized carbons (Fsp3) is 0.316. The van der Waals surface area contributed by atoms with E-state index in [9.17, 15) is 4.79 Å². The lowest BCUT2D eigenvalue weighted by atomic mass is 10.0. The highest BCUT2D eigenvalue weighted by Crippen LogP contribution is 2.29. The van der Waals surface area contributed by atoms with Crippen molar-refractivity contribution in [2.45, 2.75) is 32.4 Å². The van der Waals surface area contributed by atoms with Gasteiger partial charge in [-0.05, 0) is 41.3 Å². The molecule has 1 aliphatic heterocycles. The Kier molecular flexibility index (Phi) is 4.63. The second-order valence-corrected chi connectivity index (χ2v) is 5.87. The maximum Gasteiger partial charge on any atom is 0.248 e. The third kappa shape index (κ3) is 3.54. The summed E-state index contributed by atoms with van der Waals surface area (Å²) in [6.07, 6.45) is 2.01. The number of carbonyl (C=O) groups excluding carboxylic acids is 1. The van der Waals surface area contributed by atoms with Gasteiger partial charge in [0.05, 0.1) is 6.61 Å². The molecule has 2 aromatic rings. The first-order valence-electron chi connectivity index (χ1n) is 8.05. The van der Waals surface area contributed by atoms with E-state index in [1.54, 1.807) is 12.1 Å². The Labute approximate surface area is 136 Å². The van der Waals surface area contributed by atoms with Crippen LogP contribution < -0.4 is 15.8 Å². The standard InChI is InChI=1S/C19H22N2O2/c1-2-17(15-7-8-18-16(11-15)9-10-23-18)21-12-13-3-5-14(6-4-13)19(20)22/h3-8,11,17,21H,2,9-10,12H2,1H3,(H2,20,22)/t17-/m1/s1. The van der Waals surface area contributed by atoms with Gasteiger partial charge in [-0.3, -0.25) is 4.79 Å². The zero-order chi connectivity index (χ0) is 16.2. The molecule has 23 heavy (non-hydrogen) atoms. The predicted molar refractivity (Wildman–Crippen MR) is 90.5 cm³/mol. The Morgan fingerprint density at radius 2 is 2.04 bits per heavy atom. The number of carbonyl (C=O) groups is 1. The van der Waals surface area contributed by atoms with Gasteiger partial charge in [-0.2, -0.15) is 0 Å². The number of fused-ring (bicyclic) bond motifs is 1. The van der Waals surface area contributed by atoms with Crippen molar-refractivity contribution in [3.63, 3.8) is 0 Å². The minimum atomic E-state index is -0.392. The van der Waals surface area contributed by atoms with Crippen LogP contribution in [-0.2, 0) is 13.0 Å². The maximum atomic E-state index is 11.1. The van der Waals surface area contributed by atoms with Gasteiger partial charge in [-0.25, -0.2) is 0 Å². The Morgan fingerprint density at radius 3 is 2.74 bits per heavy atom. The lowest BCUT2D eigenvalue weighted by Crippen LogP contribution is -2.20. The molecule has 1 atom stereocenters. The molecule has 0 aromatic heterocycles. The molecule has 3 N–H and O–H groups in total. The van der Waals surface area contributed by atoms with Gasteiger partial charge >= 0.3 is 0 Å². The highest BCUT2D eigenvalue weighted by atomic mass is 16.5. The van der Waals surface area contributed by atoms with E-state index in [4.69, 9.17) is 10.5 Å². The van der Waals surface area contributed by atoms with E-state index < -0.39 is 5.91 Å². The quantitative estimate of drug-likeness (QED) is 0.862. The fourth-order valence-corrected chi connectivity index (χ4v) is 2.95. The summed E-state index contributed by atoms with van der Waals surface area (Å²) in [7, 11) is 0. The molecule has 1 heterocycles. The van der Waals surface area contributed by atoms with E-state index in [0.717, 1.165) is 37.3 Å². The highest BCUT2D eigenvalue weighted by molar-refractivity contribution is 5.92. The number of nitrogens with one attached hydrogen (secondary N) is 1. The van der Waals surface area contributed by atoms with Crippen LogP contribution in [0.3, 0.4) is 0 Å². The maximum absolute atomic E-state index is 11.1. The minimum absolute atomic E-state index is 0.303. The van der Waals surface area contributed by atoms with Crippen molar-refractivity contribution in [3.8, 4) is 5.75 Å². The van der Waals surface area contributed by atoms with Crippen molar-refractivity contribution in [2.75, 3.05) is 6.61 Å². The zero-order valence-corrected chi connectivity index (χ0v) is 13.3. The summed E-state index contributed by atoms with van der Waals surface area (Å²) in [5.41, 5.74) is 9.54. The van der Waals surface area contributed by atoms with Crippen molar-refractivity contribution in [2.24, 2.45) is 5.73 Å². The van der Waals surface area contributed by atoms with Gasteiger partial charge in [0.2, 0.25) is 5.91 Å². The van der Waals surface area contributed by atoms with E-state index in [1.807, 2.05) is 12.1 Å². The van der Waals surface area contributed by atoms with Crippen LogP contribution in [-0.4, -0.2) is 12.5 Å². The summed E-state index contributed by atoms with van der Waals surface area (Å²) in [5, 5.41) is 3.58. The molecule has 0 bridgehead atoms. The molecule has 0 saturated carbocycles. The molecule has 3 rings (SSSR count). The molecular weight excluding hydrogens is 288 g/mol. The monoisotopic (exact) mass is 310 g/mol. The van der Waals surface area contributed by atoms with Gasteiger partial charge in [-0.1, -0.05) is 31.2 Å². The Morgan fingerprint density at radius 1 is 1.26 bits per heavy atom. The fourth-order valence-electron chi connectivity index (χ4n) is 2.95.